The highest BCUT2D eigenvalue weighted by Crippen LogP contribution is 2.17. The third kappa shape index (κ3) is 7.76. The van der Waals surface area contributed by atoms with Crippen LogP contribution in [0.4, 0.5) is 10.5 Å². The Morgan fingerprint density at radius 2 is 1.79 bits per heavy atom. The molecule has 9 heteroatoms. The zero-order valence-corrected chi connectivity index (χ0v) is 21.8. The molecule has 2 heterocycles. The molecule has 2 aromatic carbocycles. The number of hydrogen-bond donors (Lipinski definition) is 2. The van der Waals surface area contributed by atoms with Gasteiger partial charge in [-0.25, -0.2) is 9.48 Å². The molecule has 0 saturated carbocycles. The van der Waals surface area contributed by atoms with Crippen LogP contribution in [0.25, 0.3) is 11.3 Å². The Labute approximate surface area is 222 Å². The maximum atomic E-state index is 12.6. The van der Waals surface area contributed by atoms with Crippen molar-refractivity contribution in [2.45, 2.75) is 39.2 Å². The van der Waals surface area contributed by atoms with E-state index in [1.54, 1.807) is 43.3 Å². The molecule has 0 aliphatic carbocycles. The van der Waals surface area contributed by atoms with E-state index in [1.165, 1.54) is 30.0 Å². The zero-order chi connectivity index (χ0) is 26.7. The van der Waals surface area contributed by atoms with Crippen molar-refractivity contribution < 1.29 is 14.3 Å². The highest BCUT2D eigenvalue weighted by Gasteiger charge is 2.11. The number of nitrogens with zero attached hydrogens (tertiary/aromatic N) is 3. The summed E-state index contributed by atoms with van der Waals surface area (Å²) in [5.74, 6) is -0.0931. The maximum Gasteiger partial charge on any atom is 0.411 e. The largest absolute Gasteiger partial charge is 0.450 e. The molecule has 4 rings (SSSR count). The fourth-order valence-corrected chi connectivity index (χ4v) is 4.50. The second-order valence-electron chi connectivity index (χ2n) is 9.35. The lowest BCUT2D eigenvalue weighted by atomic mass is 10.1. The monoisotopic (exact) mass is 517 g/mol. The highest BCUT2D eigenvalue weighted by atomic mass is 16.5. The lowest BCUT2D eigenvalue weighted by molar-refractivity contribution is 0.0951. The number of ether oxygens (including phenoxy) is 1. The van der Waals surface area contributed by atoms with Crippen molar-refractivity contribution in [2.24, 2.45) is 0 Å². The molecule has 3 aromatic rings. The van der Waals surface area contributed by atoms with Gasteiger partial charge in [0.2, 0.25) is 0 Å². The van der Waals surface area contributed by atoms with Crippen LogP contribution in [-0.2, 0) is 11.3 Å². The quantitative estimate of drug-likeness (QED) is 0.392. The van der Waals surface area contributed by atoms with Gasteiger partial charge in [0.1, 0.15) is 0 Å². The molecule has 0 radical (unpaired) electrons. The normalized spacial score (nSPS) is 13.6. The van der Waals surface area contributed by atoms with E-state index < -0.39 is 6.09 Å². The van der Waals surface area contributed by atoms with E-state index in [4.69, 9.17) is 4.74 Å². The molecule has 0 atom stereocenters. The summed E-state index contributed by atoms with van der Waals surface area (Å²) in [5.41, 5.74) is 3.16. The molecule has 0 bridgehead atoms. The number of rotatable bonds is 10. The second-order valence-corrected chi connectivity index (χ2v) is 9.35. The fourth-order valence-electron chi connectivity index (χ4n) is 4.50. The summed E-state index contributed by atoms with van der Waals surface area (Å²) >= 11 is 0. The lowest BCUT2D eigenvalue weighted by Gasteiger charge is -2.26. The van der Waals surface area contributed by atoms with Crippen LogP contribution in [0, 0.1) is 0 Å². The summed E-state index contributed by atoms with van der Waals surface area (Å²) in [5, 5.41) is 10.2. The molecule has 1 aliphatic heterocycles. The minimum absolute atomic E-state index is 0.0931. The summed E-state index contributed by atoms with van der Waals surface area (Å²) < 4.78 is 6.29. The van der Waals surface area contributed by atoms with Crippen LogP contribution in [0.3, 0.4) is 0 Å². The maximum absolute atomic E-state index is 12.6. The predicted molar refractivity (Wildman–Crippen MR) is 147 cm³/mol. The molecule has 9 nitrogen and oxygen atoms in total. The first-order valence-electron chi connectivity index (χ1n) is 13.2. The van der Waals surface area contributed by atoms with Crippen LogP contribution in [0.5, 0.6) is 0 Å². The van der Waals surface area contributed by atoms with Gasteiger partial charge in [-0.2, -0.15) is 5.10 Å². The lowest BCUT2D eigenvalue weighted by Crippen LogP contribution is -2.33. The molecule has 38 heavy (non-hydrogen) atoms. The van der Waals surface area contributed by atoms with E-state index in [-0.39, 0.29) is 24.6 Å². The Balaban J connectivity index is 1.35. The molecular formula is C29H35N5O4. The SMILES string of the molecule is CCOC(=O)Nc1cccc(Cn2nc(-c3ccc(C(=O)NCCCN4CCCCC4)cc3)ccc2=O)c1. The third-order valence-corrected chi connectivity index (χ3v) is 6.48. The molecule has 0 spiro atoms. The molecule has 2 amide bonds. The van der Waals surface area contributed by atoms with Crippen molar-refractivity contribution in [3.8, 4) is 11.3 Å². The van der Waals surface area contributed by atoms with Crippen molar-refractivity contribution in [1.82, 2.24) is 20.0 Å². The Morgan fingerprint density at radius 1 is 1.00 bits per heavy atom. The average Bonchev–Trinajstić information content (AvgIpc) is 2.93. The molecule has 200 valence electrons. The Morgan fingerprint density at radius 3 is 2.55 bits per heavy atom. The third-order valence-electron chi connectivity index (χ3n) is 6.48. The van der Waals surface area contributed by atoms with Gasteiger partial charge in [0.25, 0.3) is 11.5 Å². The van der Waals surface area contributed by atoms with Gasteiger partial charge in [0.15, 0.2) is 0 Å². The van der Waals surface area contributed by atoms with Gasteiger partial charge in [0.05, 0.1) is 18.8 Å². The van der Waals surface area contributed by atoms with Crippen LogP contribution in [-0.4, -0.2) is 59.5 Å². The van der Waals surface area contributed by atoms with Crippen LogP contribution < -0.4 is 16.2 Å². The van der Waals surface area contributed by atoms with Crippen LogP contribution >= 0.6 is 0 Å². The summed E-state index contributed by atoms with van der Waals surface area (Å²) in [6.07, 6.45) is 4.28. The molecule has 2 N–H and O–H groups in total. The van der Waals surface area contributed by atoms with Crippen molar-refractivity contribution in [1.29, 1.82) is 0 Å². The predicted octanol–water partition coefficient (Wildman–Crippen LogP) is 4.13. The number of hydrogen-bond acceptors (Lipinski definition) is 6. The van der Waals surface area contributed by atoms with Gasteiger partial charge in [-0.15, -0.1) is 0 Å². The smallest absolute Gasteiger partial charge is 0.411 e. The first kappa shape index (κ1) is 27.1. The van der Waals surface area contributed by atoms with Crippen LogP contribution in [0.15, 0.2) is 65.5 Å². The van der Waals surface area contributed by atoms with E-state index in [0.29, 0.717) is 23.5 Å². The number of carbonyl (C=O) groups excluding carboxylic acids is 2. The molecule has 1 saturated heterocycles. The second kappa shape index (κ2) is 13.5. The van der Waals surface area contributed by atoms with E-state index in [0.717, 1.165) is 37.2 Å². The Hall–Kier alpha value is -3.98. The van der Waals surface area contributed by atoms with Crippen molar-refractivity contribution in [3.63, 3.8) is 0 Å². The summed E-state index contributed by atoms with van der Waals surface area (Å²) in [7, 11) is 0. The van der Waals surface area contributed by atoms with E-state index in [1.807, 2.05) is 18.2 Å². The Bertz CT molecular complexity index is 1280. The van der Waals surface area contributed by atoms with Crippen LogP contribution in [0.1, 0.15) is 48.5 Å². The highest BCUT2D eigenvalue weighted by molar-refractivity contribution is 5.94. The molecule has 1 aromatic heterocycles. The number of anilines is 1. The molecule has 1 fully saturated rings. The number of aromatic nitrogens is 2. The summed E-state index contributed by atoms with van der Waals surface area (Å²) in [6.45, 7) is 6.26. The number of piperidine rings is 1. The van der Waals surface area contributed by atoms with Crippen molar-refractivity contribution >= 4 is 17.7 Å². The van der Waals surface area contributed by atoms with E-state index >= 15 is 0 Å². The van der Waals surface area contributed by atoms with Crippen LogP contribution in [0.2, 0.25) is 0 Å². The number of nitrogens with one attached hydrogen (secondary N) is 2. The van der Waals surface area contributed by atoms with Gasteiger partial charge in [0, 0.05) is 29.4 Å². The first-order chi connectivity index (χ1) is 18.5. The molecular weight excluding hydrogens is 482 g/mol. The fraction of sp³-hybridized carbons (Fsp3) is 0.379. The van der Waals surface area contributed by atoms with Gasteiger partial charge >= 0.3 is 6.09 Å². The first-order valence-corrected chi connectivity index (χ1v) is 13.2. The standard InChI is InChI=1S/C29H35N5O4/c1-2-38-29(37)31-25-9-6-8-22(20-25)21-34-27(35)15-14-26(32-34)23-10-12-24(13-11-23)28(36)30-16-7-19-33-17-4-3-5-18-33/h6,8-15,20H,2-5,7,16-19,21H2,1H3,(H,30,36)(H,31,37). The van der Waals surface area contributed by atoms with E-state index in [2.05, 4.69) is 20.6 Å². The van der Waals surface area contributed by atoms with E-state index in [9.17, 15) is 14.4 Å². The minimum Gasteiger partial charge on any atom is -0.450 e. The van der Waals surface area contributed by atoms with Crippen molar-refractivity contribution in [2.75, 3.05) is 38.1 Å². The topological polar surface area (TPSA) is 106 Å². The number of amides is 2. The molecule has 1 aliphatic rings. The van der Waals surface area contributed by atoms with Gasteiger partial charge < -0.3 is 15.0 Å². The van der Waals surface area contributed by atoms with Crippen molar-refractivity contribution in [3.05, 3.63) is 82.1 Å². The number of benzene rings is 2. The van der Waals surface area contributed by atoms with Gasteiger partial charge in [-0.05, 0) is 81.7 Å². The average molecular weight is 518 g/mol. The number of likely N-dealkylation sites (tertiary alicyclic amines) is 1. The van der Waals surface area contributed by atoms with Gasteiger partial charge in [-0.3, -0.25) is 14.9 Å². The molecule has 0 unspecified atom stereocenters. The number of carbonyl (C=O) groups is 2. The summed E-state index contributed by atoms with van der Waals surface area (Å²) in [6, 6.07) is 17.6. The van der Waals surface area contributed by atoms with Gasteiger partial charge in [-0.1, -0.05) is 30.7 Å². The minimum atomic E-state index is -0.531. The zero-order valence-electron chi connectivity index (χ0n) is 21.8. The summed E-state index contributed by atoms with van der Waals surface area (Å²) in [4.78, 5) is 39.2. The Kier molecular flexibility index (Phi) is 9.64.